The molecule has 0 aliphatic heterocycles. The average molecular weight is 440 g/mol. The summed E-state index contributed by atoms with van der Waals surface area (Å²) in [6.45, 7) is 4.35. The van der Waals surface area contributed by atoms with E-state index in [1.807, 2.05) is 53.1 Å². The molecule has 7 heteroatoms. The fourth-order valence-corrected chi connectivity index (χ4v) is 3.81. The average Bonchev–Trinajstić information content (AvgIpc) is 3.06. The molecule has 0 aliphatic carbocycles. The van der Waals surface area contributed by atoms with E-state index in [4.69, 9.17) is 4.42 Å². The molecule has 27 heavy (non-hydrogen) atoms. The van der Waals surface area contributed by atoms with Gasteiger partial charge < -0.3 is 4.42 Å². The van der Waals surface area contributed by atoms with E-state index in [2.05, 4.69) is 32.7 Å². The standard InChI is InChI=1S/C20H14BrN3O2S/c1-2-11-24-18(13-7-9-15(21)10-8-13)22-23-20(24)27-17-12-14-5-3-4-6-16(14)26-19(17)25/h2-10,12H,1,11H2. The Morgan fingerprint density at radius 1 is 1.15 bits per heavy atom. The number of allylic oxidation sites excluding steroid dienone is 1. The van der Waals surface area contributed by atoms with Gasteiger partial charge in [0.15, 0.2) is 11.0 Å². The Kier molecular flexibility index (Phi) is 4.96. The van der Waals surface area contributed by atoms with Gasteiger partial charge in [-0.25, -0.2) is 4.79 Å². The zero-order chi connectivity index (χ0) is 18.8. The highest BCUT2D eigenvalue weighted by Gasteiger charge is 2.16. The highest BCUT2D eigenvalue weighted by atomic mass is 79.9. The maximum Gasteiger partial charge on any atom is 0.350 e. The minimum atomic E-state index is -0.392. The van der Waals surface area contributed by atoms with Crippen molar-refractivity contribution in [3.05, 3.63) is 82.1 Å². The van der Waals surface area contributed by atoms with Crippen LogP contribution in [0.25, 0.3) is 22.4 Å². The van der Waals surface area contributed by atoms with E-state index in [-0.39, 0.29) is 0 Å². The zero-order valence-corrected chi connectivity index (χ0v) is 16.5. The summed E-state index contributed by atoms with van der Waals surface area (Å²) in [4.78, 5) is 12.8. The first-order valence-corrected chi connectivity index (χ1v) is 9.77. The van der Waals surface area contributed by atoms with Crippen molar-refractivity contribution in [1.82, 2.24) is 14.8 Å². The van der Waals surface area contributed by atoms with E-state index in [0.29, 0.717) is 22.2 Å². The van der Waals surface area contributed by atoms with E-state index < -0.39 is 5.63 Å². The van der Waals surface area contributed by atoms with Crippen molar-refractivity contribution in [3.8, 4) is 11.4 Å². The van der Waals surface area contributed by atoms with E-state index in [1.54, 1.807) is 12.1 Å². The summed E-state index contributed by atoms with van der Waals surface area (Å²) < 4.78 is 8.33. The van der Waals surface area contributed by atoms with Crippen LogP contribution in [0.15, 0.2) is 91.0 Å². The predicted octanol–water partition coefficient (Wildman–Crippen LogP) is 5.15. The van der Waals surface area contributed by atoms with Gasteiger partial charge in [-0.15, -0.1) is 16.8 Å². The second-order valence-corrected chi connectivity index (χ2v) is 7.68. The summed E-state index contributed by atoms with van der Waals surface area (Å²) in [6, 6.07) is 17.1. The lowest BCUT2D eigenvalue weighted by molar-refractivity contribution is 0.543. The Hall–Kier alpha value is -2.64. The van der Waals surface area contributed by atoms with Crippen molar-refractivity contribution >= 4 is 38.7 Å². The third-order valence-electron chi connectivity index (χ3n) is 3.94. The molecule has 4 rings (SSSR count). The Bertz CT molecular complexity index is 1180. The van der Waals surface area contributed by atoms with Crippen LogP contribution in [0.4, 0.5) is 0 Å². The first-order valence-electron chi connectivity index (χ1n) is 8.16. The van der Waals surface area contributed by atoms with Gasteiger partial charge in [0.2, 0.25) is 0 Å². The molecule has 5 nitrogen and oxygen atoms in total. The van der Waals surface area contributed by atoms with Crippen LogP contribution < -0.4 is 5.63 Å². The number of fused-ring (bicyclic) bond motifs is 1. The van der Waals surface area contributed by atoms with Crippen LogP contribution in [0, 0.1) is 0 Å². The molecule has 0 aliphatic rings. The Morgan fingerprint density at radius 2 is 1.93 bits per heavy atom. The predicted molar refractivity (Wildman–Crippen MR) is 110 cm³/mol. The maximum atomic E-state index is 12.4. The number of halogens is 1. The normalized spacial score (nSPS) is 11.0. The van der Waals surface area contributed by atoms with Gasteiger partial charge in [-0.2, -0.15) is 0 Å². The molecule has 134 valence electrons. The van der Waals surface area contributed by atoms with Crippen LogP contribution in [0.2, 0.25) is 0 Å². The van der Waals surface area contributed by atoms with E-state index in [9.17, 15) is 4.79 Å². The molecule has 0 radical (unpaired) electrons. The molecule has 0 fully saturated rings. The second-order valence-electron chi connectivity index (χ2n) is 5.75. The molecule has 4 aromatic rings. The SMILES string of the molecule is C=CCn1c(Sc2cc3ccccc3oc2=O)nnc1-c1ccc(Br)cc1. The van der Waals surface area contributed by atoms with Gasteiger partial charge in [-0.1, -0.05) is 52.3 Å². The number of aromatic nitrogens is 3. The monoisotopic (exact) mass is 439 g/mol. The summed E-state index contributed by atoms with van der Waals surface area (Å²) in [7, 11) is 0. The van der Waals surface area contributed by atoms with Crippen molar-refractivity contribution in [2.75, 3.05) is 0 Å². The molecule has 0 amide bonds. The van der Waals surface area contributed by atoms with Gasteiger partial charge in [0, 0.05) is 22.0 Å². The molecule has 2 aromatic heterocycles. The number of hydrogen-bond donors (Lipinski definition) is 0. The lowest BCUT2D eigenvalue weighted by Crippen LogP contribution is -2.04. The van der Waals surface area contributed by atoms with Crippen LogP contribution in [0.1, 0.15) is 0 Å². The van der Waals surface area contributed by atoms with Crippen molar-refractivity contribution in [2.45, 2.75) is 16.6 Å². The van der Waals surface area contributed by atoms with E-state index >= 15 is 0 Å². The second kappa shape index (κ2) is 7.54. The summed E-state index contributed by atoms with van der Waals surface area (Å²) >= 11 is 4.68. The largest absolute Gasteiger partial charge is 0.422 e. The third-order valence-corrected chi connectivity index (χ3v) is 5.46. The molecule has 0 unspecified atom stereocenters. The molecule has 0 bridgehead atoms. The number of benzene rings is 2. The molecule has 0 saturated heterocycles. The molecule has 2 aromatic carbocycles. The summed E-state index contributed by atoms with van der Waals surface area (Å²) in [5.41, 5.74) is 1.11. The van der Waals surface area contributed by atoms with Gasteiger partial charge in [0.25, 0.3) is 0 Å². The summed E-state index contributed by atoms with van der Waals surface area (Å²) in [6.07, 6.45) is 1.78. The summed E-state index contributed by atoms with van der Waals surface area (Å²) in [5, 5.41) is 10.1. The highest BCUT2D eigenvalue weighted by Crippen LogP contribution is 2.30. The van der Waals surface area contributed by atoms with Crippen LogP contribution in [0.5, 0.6) is 0 Å². The van der Waals surface area contributed by atoms with E-state index in [0.717, 1.165) is 21.2 Å². The number of para-hydroxylation sites is 1. The molecule has 0 N–H and O–H groups in total. The smallest absolute Gasteiger partial charge is 0.350 e. The maximum absolute atomic E-state index is 12.4. The van der Waals surface area contributed by atoms with Crippen LogP contribution in [-0.4, -0.2) is 14.8 Å². The number of nitrogens with zero attached hydrogens (tertiary/aromatic N) is 3. The first-order chi connectivity index (χ1) is 13.2. The minimum absolute atomic E-state index is 0.392. The van der Waals surface area contributed by atoms with Crippen LogP contribution >= 0.6 is 27.7 Å². The zero-order valence-electron chi connectivity index (χ0n) is 14.1. The lowest BCUT2D eigenvalue weighted by atomic mass is 10.2. The molecule has 2 heterocycles. The third kappa shape index (κ3) is 3.61. The van der Waals surface area contributed by atoms with Crippen molar-refractivity contribution in [1.29, 1.82) is 0 Å². The number of hydrogen-bond acceptors (Lipinski definition) is 5. The van der Waals surface area contributed by atoms with Gasteiger partial charge in [0.05, 0.1) is 0 Å². The van der Waals surface area contributed by atoms with Crippen molar-refractivity contribution < 1.29 is 4.42 Å². The highest BCUT2D eigenvalue weighted by molar-refractivity contribution is 9.10. The van der Waals surface area contributed by atoms with Crippen molar-refractivity contribution in [3.63, 3.8) is 0 Å². The Morgan fingerprint density at radius 3 is 2.70 bits per heavy atom. The van der Waals surface area contributed by atoms with Gasteiger partial charge >= 0.3 is 5.63 Å². The molecular weight excluding hydrogens is 426 g/mol. The minimum Gasteiger partial charge on any atom is -0.422 e. The summed E-state index contributed by atoms with van der Waals surface area (Å²) in [5.74, 6) is 0.718. The number of rotatable bonds is 5. The van der Waals surface area contributed by atoms with Gasteiger partial charge in [-0.3, -0.25) is 4.57 Å². The van der Waals surface area contributed by atoms with Gasteiger partial charge in [-0.05, 0) is 36.0 Å². The van der Waals surface area contributed by atoms with Gasteiger partial charge in [0.1, 0.15) is 10.5 Å². The first kappa shape index (κ1) is 17.8. The van der Waals surface area contributed by atoms with Crippen LogP contribution in [0.3, 0.4) is 0 Å². The quantitative estimate of drug-likeness (QED) is 0.317. The Labute approximate surface area is 167 Å². The van der Waals surface area contributed by atoms with Crippen molar-refractivity contribution in [2.24, 2.45) is 0 Å². The molecule has 0 spiro atoms. The molecule has 0 saturated carbocycles. The fourth-order valence-electron chi connectivity index (χ4n) is 2.68. The topological polar surface area (TPSA) is 60.9 Å². The lowest BCUT2D eigenvalue weighted by Gasteiger charge is -2.08. The molecular formula is C20H14BrN3O2S. The van der Waals surface area contributed by atoms with E-state index in [1.165, 1.54) is 11.8 Å². The Balaban J connectivity index is 1.76. The fraction of sp³-hybridized carbons (Fsp3) is 0.0500. The van der Waals surface area contributed by atoms with Crippen LogP contribution in [-0.2, 0) is 6.54 Å². The molecule has 0 atom stereocenters.